The zero-order valence-electron chi connectivity index (χ0n) is 15.4. The van der Waals surface area contributed by atoms with Crippen LogP contribution in [0.5, 0.6) is 0 Å². The lowest BCUT2D eigenvalue weighted by atomic mass is 10.1. The monoisotopic (exact) mass is 368 g/mol. The van der Waals surface area contributed by atoms with Crippen LogP contribution in [0.1, 0.15) is 39.9 Å². The van der Waals surface area contributed by atoms with Gasteiger partial charge in [-0.15, -0.1) is 0 Å². The molecular formula is C18H20N6O3. The van der Waals surface area contributed by atoms with E-state index in [0.717, 1.165) is 11.4 Å². The average molecular weight is 368 g/mol. The summed E-state index contributed by atoms with van der Waals surface area (Å²) in [6.07, 6.45) is 0. The van der Waals surface area contributed by atoms with Crippen LogP contribution in [0.25, 0.3) is 0 Å². The van der Waals surface area contributed by atoms with E-state index in [0.29, 0.717) is 43.3 Å². The Morgan fingerprint density at radius 1 is 1.37 bits per heavy atom. The third-order valence-electron chi connectivity index (χ3n) is 4.39. The van der Waals surface area contributed by atoms with Gasteiger partial charge in [0.25, 0.3) is 0 Å². The molecule has 27 heavy (non-hydrogen) atoms. The molecule has 3 heterocycles. The molecule has 1 aliphatic heterocycles. The molecule has 1 N–H and O–H groups in total. The third kappa shape index (κ3) is 3.74. The summed E-state index contributed by atoms with van der Waals surface area (Å²) < 4.78 is 6.65. The van der Waals surface area contributed by atoms with Crippen molar-refractivity contribution in [1.29, 1.82) is 5.26 Å². The third-order valence-corrected chi connectivity index (χ3v) is 4.39. The van der Waals surface area contributed by atoms with Crippen LogP contribution >= 0.6 is 0 Å². The molecular weight excluding hydrogens is 348 g/mol. The molecule has 0 radical (unpaired) electrons. The minimum Gasteiger partial charge on any atom is -0.465 e. The predicted octanol–water partition coefficient (Wildman–Crippen LogP) is 0.901. The molecule has 0 aromatic carbocycles. The number of carbonyl (C=O) groups is 2. The SMILES string of the molecule is COC(=O)c1cc(C#N)c(N2CCn3nc(CNC(C)=O)cc3C2)nc1C. The zero-order valence-corrected chi connectivity index (χ0v) is 15.4. The van der Waals surface area contributed by atoms with E-state index in [9.17, 15) is 14.9 Å². The molecule has 9 nitrogen and oxygen atoms in total. The van der Waals surface area contributed by atoms with Crippen molar-refractivity contribution in [2.75, 3.05) is 18.6 Å². The Morgan fingerprint density at radius 2 is 2.15 bits per heavy atom. The lowest BCUT2D eigenvalue weighted by Crippen LogP contribution is -2.35. The van der Waals surface area contributed by atoms with Crippen molar-refractivity contribution in [2.24, 2.45) is 0 Å². The minimum atomic E-state index is -0.512. The Kier molecular flexibility index (Phi) is 5.07. The van der Waals surface area contributed by atoms with Gasteiger partial charge in [-0.3, -0.25) is 9.48 Å². The number of esters is 1. The summed E-state index contributed by atoms with van der Waals surface area (Å²) in [5.74, 6) is -0.0764. The van der Waals surface area contributed by atoms with Crippen molar-refractivity contribution < 1.29 is 14.3 Å². The first-order valence-corrected chi connectivity index (χ1v) is 8.48. The number of hydrogen-bond donors (Lipinski definition) is 1. The zero-order chi connectivity index (χ0) is 19.6. The first-order valence-electron chi connectivity index (χ1n) is 8.48. The van der Waals surface area contributed by atoms with Crippen molar-refractivity contribution in [3.63, 3.8) is 0 Å². The van der Waals surface area contributed by atoms with E-state index < -0.39 is 5.97 Å². The summed E-state index contributed by atoms with van der Waals surface area (Å²) in [4.78, 5) is 29.4. The molecule has 0 saturated carbocycles. The van der Waals surface area contributed by atoms with E-state index in [-0.39, 0.29) is 11.5 Å². The summed E-state index contributed by atoms with van der Waals surface area (Å²) in [5, 5.41) is 16.7. The number of pyridine rings is 1. The second-order valence-electron chi connectivity index (χ2n) is 6.28. The van der Waals surface area contributed by atoms with Crippen molar-refractivity contribution >= 4 is 17.7 Å². The van der Waals surface area contributed by atoms with Crippen LogP contribution in [0.3, 0.4) is 0 Å². The summed E-state index contributed by atoms with van der Waals surface area (Å²) in [6, 6.07) is 5.58. The Bertz CT molecular complexity index is 943. The van der Waals surface area contributed by atoms with Crippen LogP contribution in [0.4, 0.5) is 5.82 Å². The van der Waals surface area contributed by atoms with Crippen LogP contribution in [0.2, 0.25) is 0 Å². The number of fused-ring (bicyclic) bond motifs is 1. The molecule has 3 rings (SSSR count). The van der Waals surface area contributed by atoms with Crippen molar-refractivity contribution in [2.45, 2.75) is 33.5 Å². The Morgan fingerprint density at radius 3 is 2.81 bits per heavy atom. The molecule has 0 fully saturated rings. The fourth-order valence-electron chi connectivity index (χ4n) is 3.04. The highest BCUT2D eigenvalue weighted by Gasteiger charge is 2.24. The maximum Gasteiger partial charge on any atom is 0.339 e. The molecule has 0 atom stereocenters. The van der Waals surface area contributed by atoms with E-state index in [4.69, 9.17) is 4.74 Å². The molecule has 1 amide bonds. The van der Waals surface area contributed by atoms with Gasteiger partial charge in [0.05, 0.1) is 55.0 Å². The predicted molar refractivity (Wildman–Crippen MR) is 95.8 cm³/mol. The maximum atomic E-state index is 11.8. The van der Waals surface area contributed by atoms with Crippen LogP contribution < -0.4 is 10.2 Å². The smallest absolute Gasteiger partial charge is 0.339 e. The van der Waals surface area contributed by atoms with Crippen LogP contribution in [-0.4, -0.2) is 40.3 Å². The number of nitrogens with one attached hydrogen (secondary N) is 1. The number of aromatic nitrogens is 3. The van der Waals surface area contributed by atoms with Crippen LogP contribution in [0, 0.1) is 18.3 Å². The van der Waals surface area contributed by atoms with E-state index >= 15 is 0 Å². The normalized spacial score (nSPS) is 12.9. The number of carbonyl (C=O) groups excluding carboxylic acids is 2. The van der Waals surface area contributed by atoms with E-state index in [2.05, 4.69) is 21.5 Å². The number of anilines is 1. The Hall–Kier alpha value is -3.41. The fraction of sp³-hybridized carbons (Fsp3) is 0.389. The number of aryl methyl sites for hydroxylation is 1. The van der Waals surface area contributed by atoms with E-state index in [1.807, 2.05) is 15.6 Å². The lowest BCUT2D eigenvalue weighted by Gasteiger charge is -2.29. The van der Waals surface area contributed by atoms with Gasteiger partial charge in [-0.05, 0) is 19.1 Å². The average Bonchev–Trinajstić information content (AvgIpc) is 3.07. The quantitative estimate of drug-likeness (QED) is 0.798. The summed E-state index contributed by atoms with van der Waals surface area (Å²) in [5.41, 5.74) is 2.89. The number of rotatable bonds is 4. The van der Waals surface area contributed by atoms with Crippen molar-refractivity contribution in [3.05, 3.63) is 40.3 Å². The van der Waals surface area contributed by atoms with Gasteiger partial charge >= 0.3 is 5.97 Å². The Labute approximate surface area is 156 Å². The number of nitrogens with zero attached hydrogens (tertiary/aromatic N) is 5. The highest BCUT2D eigenvalue weighted by Crippen LogP contribution is 2.25. The van der Waals surface area contributed by atoms with E-state index in [1.54, 1.807) is 6.92 Å². The van der Waals surface area contributed by atoms with E-state index in [1.165, 1.54) is 20.1 Å². The van der Waals surface area contributed by atoms with Gasteiger partial charge in [-0.1, -0.05) is 0 Å². The van der Waals surface area contributed by atoms with Gasteiger partial charge < -0.3 is 15.0 Å². The fourth-order valence-corrected chi connectivity index (χ4v) is 3.04. The van der Waals surface area contributed by atoms with Crippen LogP contribution in [0.15, 0.2) is 12.1 Å². The molecule has 0 bridgehead atoms. The Balaban J connectivity index is 1.86. The van der Waals surface area contributed by atoms with Gasteiger partial charge in [0, 0.05) is 13.5 Å². The molecule has 1 aliphatic rings. The van der Waals surface area contributed by atoms with Gasteiger partial charge in [0.2, 0.25) is 5.91 Å². The minimum absolute atomic E-state index is 0.105. The molecule has 0 saturated heterocycles. The van der Waals surface area contributed by atoms with Crippen molar-refractivity contribution in [1.82, 2.24) is 20.1 Å². The van der Waals surface area contributed by atoms with Gasteiger partial charge in [0.1, 0.15) is 11.9 Å². The number of hydrogen-bond acceptors (Lipinski definition) is 7. The van der Waals surface area contributed by atoms with Gasteiger partial charge in [0.15, 0.2) is 0 Å². The van der Waals surface area contributed by atoms with Crippen molar-refractivity contribution in [3.8, 4) is 6.07 Å². The standard InChI is InChI=1S/C18H20N6O3/c1-11-16(18(26)27-3)6-13(8-19)17(21-11)23-4-5-24-15(10-23)7-14(22-24)9-20-12(2)25/h6-7H,4-5,9-10H2,1-3H3,(H,20,25). The number of methoxy groups -OCH3 is 1. The maximum absolute atomic E-state index is 11.8. The largest absolute Gasteiger partial charge is 0.465 e. The molecule has 2 aromatic rings. The molecule has 9 heteroatoms. The van der Waals surface area contributed by atoms with Crippen LogP contribution in [-0.2, 0) is 29.2 Å². The highest BCUT2D eigenvalue weighted by atomic mass is 16.5. The van der Waals surface area contributed by atoms with Gasteiger partial charge in [-0.2, -0.15) is 10.4 Å². The highest BCUT2D eigenvalue weighted by molar-refractivity contribution is 5.91. The lowest BCUT2D eigenvalue weighted by molar-refractivity contribution is -0.119. The molecule has 0 unspecified atom stereocenters. The first-order chi connectivity index (χ1) is 12.9. The summed E-state index contributed by atoms with van der Waals surface area (Å²) in [7, 11) is 1.30. The molecule has 140 valence electrons. The molecule has 0 aliphatic carbocycles. The second-order valence-corrected chi connectivity index (χ2v) is 6.28. The molecule has 0 spiro atoms. The second kappa shape index (κ2) is 7.45. The summed E-state index contributed by atoms with van der Waals surface area (Å²) in [6.45, 7) is 5.37. The topological polar surface area (TPSA) is 113 Å². The first kappa shape index (κ1) is 18.4. The molecule has 2 aromatic heterocycles. The summed E-state index contributed by atoms with van der Waals surface area (Å²) >= 11 is 0. The number of ether oxygens (including phenoxy) is 1. The van der Waals surface area contributed by atoms with Gasteiger partial charge in [-0.25, -0.2) is 9.78 Å². The number of amides is 1. The number of nitriles is 1.